The average molecular weight is 642 g/mol. The molecule has 0 aliphatic carbocycles. The summed E-state index contributed by atoms with van der Waals surface area (Å²) in [6.45, 7) is 10.0. The molecule has 1 aromatic heterocycles. The SMILES string of the molecule is CC(C)(C)OC(=O)O[C@H]1CN(C(=O)OC(C)(C)C)[C@H](Cc2ccc(-c3ccns3)cc2)[C@@H]1OC(=O)Oc1ccc([N+](=O)[O-])cc1. The van der Waals surface area contributed by atoms with Crippen molar-refractivity contribution in [1.82, 2.24) is 9.27 Å². The lowest BCUT2D eigenvalue weighted by atomic mass is 9.99. The van der Waals surface area contributed by atoms with Gasteiger partial charge in [-0.3, -0.25) is 15.0 Å². The van der Waals surface area contributed by atoms with Crippen molar-refractivity contribution >= 4 is 35.6 Å². The fraction of sp³-hybridized carbons (Fsp3) is 0.419. The van der Waals surface area contributed by atoms with E-state index in [4.69, 9.17) is 23.7 Å². The predicted molar refractivity (Wildman–Crippen MR) is 163 cm³/mol. The molecule has 0 radical (unpaired) electrons. The number of carbonyl (C=O) groups excluding carboxylic acids is 3. The molecular weight excluding hydrogens is 606 g/mol. The Morgan fingerprint density at radius 1 is 0.911 bits per heavy atom. The van der Waals surface area contributed by atoms with Crippen molar-refractivity contribution in [3.05, 3.63) is 76.5 Å². The van der Waals surface area contributed by atoms with Gasteiger partial charge in [0.2, 0.25) is 0 Å². The van der Waals surface area contributed by atoms with Gasteiger partial charge in [0, 0.05) is 18.3 Å². The summed E-state index contributed by atoms with van der Waals surface area (Å²) < 4.78 is 31.8. The van der Waals surface area contributed by atoms with Crippen molar-refractivity contribution in [2.75, 3.05) is 6.54 Å². The second-order valence-electron chi connectivity index (χ2n) is 12.3. The first-order chi connectivity index (χ1) is 21.1. The molecule has 1 aliphatic rings. The number of likely N-dealkylation sites (tertiary alicyclic amines) is 1. The van der Waals surface area contributed by atoms with E-state index in [-0.39, 0.29) is 24.4 Å². The van der Waals surface area contributed by atoms with Crippen LogP contribution < -0.4 is 4.74 Å². The Hall–Kier alpha value is -4.72. The van der Waals surface area contributed by atoms with Gasteiger partial charge in [-0.05, 0) is 88.8 Å². The molecule has 1 aliphatic heterocycles. The fourth-order valence-corrected chi connectivity index (χ4v) is 5.15. The minimum atomic E-state index is -1.20. The van der Waals surface area contributed by atoms with Gasteiger partial charge in [-0.15, -0.1) is 0 Å². The van der Waals surface area contributed by atoms with Gasteiger partial charge in [0.1, 0.15) is 17.0 Å². The number of non-ortho nitro benzene ring substituents is 1. The first-order valence-electron chi connectivity index (χ1n) is 14.1. The summed E-state index contributed by atoms with van der Waals surface area (Å²) in [4.78, 5) is 52.0. The van der Waals surface area contributed by atoms with Gasteiger partial charge >= 0.3 is 18.4 Å². The number of aromatic nitrogens is 1. The van der Waals surface area contributed by atoms with Crippen molar-refractivity contribution < 1.29 is 43.0 Å². The van der Waals surface area contributed by atoms with Crippen LogP contribution in [0, 0.1) is 10.1 Å². The lowest BCUT2D eigenvalue weighted by Gasteiger charge is -2.30. The highest BCUT2D eigenvalue weighted by atomic mass is 32.1. The smallest absolute Gasteiger partial charge is 0.444 e. The Morgan fingerprint density at radius 3 is 2.11 bits per heavy atom. The van der Waals surface area contributed by atoms with Crippen LogP contribution in [0.4, 0.5) is 20.1 Å². The van der Waals surface area contributed by atoms with Gasteiger partial charge in [0.05, 0.1) is 22.4 Å². The number of amides is 1. The molecule has 0 bridgehead atoms. The molecule has 240 valence electrons. The van der Waals surface area contributed by atoms with Gasteiger partial charge in [0.25, 0.3) is 5.69 Å². The fourth-order valence-electron chi connectivity index (χ4n) is 4.55. The molecule has 2 heterocycles. The number of hydrogen-bond donors (Lipinski definition) is 0. The molecule has 0 saturated carbocycles. The zero-order valence-corrected chi connectivity index (χ0v) is 26.6. The summed E-state index contributed by atoms with van der Waals surface area (Å²) in [6.07, 6.45) is -3.29. The molecule has 3 aromatic rings. The van der Waals surface area contributed by atoms with Gasteiger partial charge in [-0.1, -0.05) is 24.3 Å². The van der Waals surface area contributed by atoms with E-state index >= 15 is 0 Å². The largest absolute Gasteiger partial charge is 0.514 e. The van der Waals surface area contributed by atoms with E-state index in [0.29, 0.717) is 0 Å². The van der Waals surface area contributed by atoms with Crippen LogP contribution in [0.15, 0.2) is 60.8 Å². The summed E-state index contributed by atoms with van der Waals surface area (Å²) in [5, 5.41) is 11.0. The monoisotopic (exact) mass is 641 g/mol. The standard InChI is InChI=1S/C31H35N3O10S/c1-30(2,3)43-27(35)33-18-24(41-29(37)44-31(4,5)6)26(42-28(36)40-22-13-11-21(12-14-22)34(38)39)23(33)17-19-7-9-20(10-8-19)25-15-16-32-45-25/h7-16,23-24,26H,17-18H2,1-6H3/t23-,24+,26+/m1/s1. The van der Waals surface area contributed by atoms with Crippen molar-refractivity contribution in [1.29, 1.82) is 0 Å². The van der Waals surface area contributed by atoms with Crippen LogP contribution in [0.5, 0.6) is 5.75 Å². The molecule has 14 heteroatoms. The van der Waals surface area contributed by atoms with Crippen LogP contribution in [0.1, 0.15) is 47.1 Å². The lowest BCUT2D eigenvalue weighted by molar-refractivity contribution is -0.384. The predicted octanol–water partition coefficient (Wildman–Crippen LogP) is 6.78. The van der Waals surface area contributed by atoms with E-state index in [9.17, 15) is 24.5 Å². The Morgan fingerprint density at radius 2 is 1.56 bits per heavy atom. The lowest BCUT2D eigenvalue weighted by Crippen LogP contribution is -2.45. The minimum Gasteiger partial charge on any atom is -0.444 e. The van der Waals surface area contributed by atoms with Crippen molar-refractivity contribution in [3.63, 3.8) is 0 Å². The van der Waals surface area contributed by atoms with Crippen molar-refractivity contribution in [2.45, 2.75) is 77.4 Å². The second kappa shape index (κ2) is 13.5. The molecule has 0 spiro atoms. The molecule has 2 aromatic carbocycles. The zero-order chi connectivity index (χ0) is 32.9. The maximum absolute atomic E-state index is 13.4. The Bertz CT molecular complexity index is 1500. The molecular formula is C31H35N3O10S. The van der Waals surface area contributed by atoms with Crippen LogP contribution in [-0.2, 0) is 25.4 Å². The Balaban J connectivity index is 1.63. The van der Waals surface area contributed by atoms with Crippen LogP contribution in [-0.4, -0.2) is 68.6 Å². The molecule has 1 fully saturated rings. The van der Waals surface area contributed by atoms with Crippen molar-refractivity contribution in [2.24, 2.45) is 0 Å². The highest BCUT2D eigenvalue weighted by Crippen LogP contribution is 2.31. The van der Waals surface area contributed by atoms with Gasteiger partial charge < -0.3 is 23.7 Å². The molecule has 45 heavy (non-hydrogen) atoms. The van der Waals surface area contributed by atoms with Crippen molar-refractivity contribution in [3.8, 4) is 16.2 Å². The molecule has 0 unspecified atom stereocenters. The summed E-state index contributed by atoms with van der Waals surface area (Å²) in [5.74, 6) is -0.00703. The summed E-state index contributed by atoms with van der Waals surface area (Å²) in [5.41, 5.74) is -0.135. The molecule has 4 rings (SSSR count). The Labute approximate surface area is 264 Å². The first kappa shape index (κ1) is 33.2. The van der Waals surface area contributed by atoms with Crippen LogP contribution in [0.25, 0.3) is 10.4 Å². The maximum atomic E-state index is 13.4. The number of nitro groups is 1. The van der Waals surface area contributed by atoms with Gasteiger partial charge in [-0.2, -0.15) is 0 Å². The third kappa shape index (κ3) is 9.38. The number of nitro benzene ring substituents is 1. The third-order valence-electron chi connectivity index (χ3n) is 6.39. The Kier molecular flexibility index (Phi) is 9.96. The van der Waals surface area contributed by atoms with E-state index in [2.05, 4.69) is 4.37 Å². The highest BCUT2D eigenvalue weighted by molar-refractivity contribution is 7.09. The van der Waals surface area contributed by atoms with Crippen LogP contribution in [0.3, 0.4) is 0 Å². The summed E-state index contributed by atoms with van der Waals surface area (Å²) in [6, 6.07) is 13.5. The maximum Gasteiger partial charge on any atom is 0.514 e. The van der Waals surface area contributed by atoms with Crippen LogP contribution in [0.2, 0.25) is 0 Å². The molecule has 1 saturated heterocycles. The molecule has 1 amide bonds. The zero-order valence-electron chi connectivity index (χ0n) is 25.8. The average Bonchev–Trinajstić information content (AvgIpc) is 3.57. The van der Waals surface area contributed by atoms with E-state index in [0.717, 1.165) is 16.0 Å². The third-order valence-corrected chi connectivity index (χ3v) is 7.19. The van der Waals surface area contributed by atoms with Gasteiger partial charge in [-0.25, -0.2) is 18.8 Å². The first-order valence-corrected chi connectivity index (χ1v) is 14.9. The summed E-state index contributed by atoms with van der Waals surface area (Å²) in [7, 11) is 0. The summed E-state index contributed by atoms with van der Waals surface area (Å²) >= 11 is 1.36. The van der Waals surface area contributed by atoms with E-state index in [1.54, 1.807) is 47.7 Å². The van der Waals surface area contributed by atoms with E-state index in [1.165, 1.54) is 40.7 Å². The molecule has 3 atom stereocenters. The molecule has 13 nitrogen and oxygen atoms in total. The van der Waals surface area contributed by atoms with Crippen LogP contribution >= 0.6 is 11.5 Å². The number of ether oxygens (including phenoxy) is 5. The number of hydrogen-bond acceptors (Lipinski definition) is 12. The quantitative estimate of drug-likeness (QED) is 0.0880. The number of rotatable bonds is 7. The topological polar surface area (TPSA) is 157 Å². The number of benzene rings is 2. The number of nitrogens with zero attached hydrogens (tertiary/aromatic N) is 3. The minimum absolute atomic E-state index is 0.00703. The normalized spacial score (nSPS) is 18.2. The number of carbonyl (C=O) groups is 3. The molecule has 0 N–H and O–H groups in total. The van der Waals surface area contributed by atoms with Gasteiger partial charge in [0.15, 0.2) is 12.2 Å². The van der Waals surface area contributed by atoms with E-state index in [1.807, 2.05) is 30.3 Å². The van der Waals surface area contributed by atoms with E-state index < -0.39 is 52.8 Å². The second-order valence-corrected chi connectivity index (χ2v) is 13.1. The highest BCUT2D eigenvalue weighted by Gasteiger charge is 2.50.